The maximum Gasteiger partial charge on any atom is 0.407 e. The largest absolute Gasteiger partial charge is 0.465 e. The van der Waals surface area contributed by atoms with E-state index >= 15 is 0 Å². The smallest absolute Gasteiger partial charge is 0.407 e. The van der Waals surface area contributed by atoms with Crippen LogP contribution in [0.4, 0.5) is 10.6 Å². The summed E-state index contributed by atoms with van der Waals surface area (Å²) in [5.74, 6) is 2.76. The van der Waals surface area contributed by atoms with Gasteiger partial charge >= 0.3 is 6.09 Å². The number of amides is 1. The molecule has 0 bridgehead atoms. The number of carboxylic acid groups (broad SMARTS) is 1. The van der Waals surface area contributed by atoms with Crippen LogP contribution in [0.1, 0.15) is 18.5 Å². The minimum atomic E-state index is -0.851. The second-order valence-corrected chi connectivity index (χ2v) is 8.87. The van der Waals surface area contributed by atoms with Crippen LogP contribution in [-0.4, -0.2) is 45.7 Å². The van der Waals surface area contributed by atoms with Gasteiger partial charge in [-0.05, 0) is 58.7 Å². The summed E-state index contributed by atoms with van der Waals surface area (Å²) >= 11 is 4.93. The van der Waals surface area contributed by atoms with Gasteiger partial charge in [0.2, 0.25) is 0 Å². The molecule has 1 unspecified atom stereocenters. The average Bonchev–Trinajstić information content (AvgIpc) is 3.31. The molecule has 2 aromatic rings. The Kier molecular flexibility index (Phi) is 5.13. The Hall–Kier alpha value is -1.67. The van der Waals surface area contributed by atoms with Gasteiger partial charge in [-0.15, -0.1) is 11.3 Å². The molecule has 1 aliphatic heterocycles. The summed E-state index contributed by atoms with van der Waals surface area (Å²) in [6, 6.07) is 4.09. The van der Waals surface area contributed by atoms with Gasteiger partial charge in [-0.2, -0.15) is 0 Å². The first-order valence-electron chi connectivity index (χ1n) is 8.80. The first kappa shape index (κ1) is 17.7. The molecule has 2 aromatic heterocycles. The molecule has 138 valence electrons. The average molecular weight is 437 g/mol. The van der Waals surface area contributed by atoms with Gasteiger partial charge in [0.25, 0.3) is 0 Å². The molecule has 1 saturated carbocycles. The maximum absolute atomic E-state index is 11.6. The molecule has 0 spiro atoms. The fraction of sp³-hybridized carbons (Fsp3) is 0.500. The van der Waals surface area contributed by atoms with Crippen molar-refractivity contribution in [1.82, 2.24) is 14.9 Å². The van der Waals surface area contributed by atoms with Crippen LogP contribution >= 0.6 is 27.3 Å². The number of fused-ring (bicyclic) bond motifs is 1. The third-order valence-corrected chi connectivity index (χ3v) is 6.57. The van der Waals surface area contributed by atoms with Crippen molar-refractivity contribution < 1.29 is 9.90 Å². The number of halogens is 1. The zero-order valence-electron chi connectivity index (χ0n) is 14.3. The van der Waals surface area contributed by atoms with Gasteiger partial charge in [0.1, 0.15) is 5.82 Å². The van der Waals surface area contributed by atoms with E-state index in [9.17, 15) is 9.90 Å². The number of hydrogen-bond donors (Lipinski definition) is 1. The lowest BCUT2D eigenvalue weighted by Crippen LogP contribution is -2.34. The number of nitrogens with zero attached hydrogens (tertiary/aromatic N) is 4. The molecule has 3 heterocycles. The van der Waals surface area contributed by atoms with Crippen LogP contribution in [0.15, 0.2) is 33.7 Å². The third-order valence-electron chi connectivity index (χ3n) is 5.47. The monoisotopic (exact) mass is 436 g/mol. The molecule has 1 amide bonds. The zero-order valence-corrected chi connectivity index (χ0v) is 16.7. The highest BCUT2D eigenvalue weighted by Crippen LogP contribution is 2.43. The van der Waals surface area contributed by atoms with Crippen molar-refractivity contribution in [2.75, 3.05) is 24.5 Å². The van der Waals surface area contributed by atoms with Crippen LogP contribution in [0.25, 0.3) is 0 Å². The Morgan fingerprint density at radius 3 is 2.65 bits per heavy atom. The Bertz CT molecular complexity index is 741. The van der Waals surface area contributed by atoms with Crippen molar-refractivity contribution in [1.29, 1.82) is 0 Å². The molecule has 3 atom stereocenters. The molecule has 0 aromatic carbocycles. The molecule has 1 saturated heterocycles. The Morgan fingerprint density at radius 2 is 2.08 bits per heavy atom. The molecule has 6 nitrogen and oxygen atoms in total. The van der Waals surface area contributed by atoms with E-state index in [-0.39, 0.29) is 0 Å². The number of rotatable bonds is 5. The molecule has 1 aliphatic carbocycles. The molecule has 4 rings (SSSR count). The molecule has 2 aliphatic rings. The Labute approximate surface area is 165 Å². The normalized spacial score (nSPS) is 24.7. The lowest BCUT2D eigenvalue weighted by Gasteiger charge is -2.24. The number of pyridine rings is 1. The molecular formula is C18H21BrN4O2S. The van der Waals surface area contributed by atoms with Crippen LogP contribution in [-0.2, 0) is 6.54 Å². The number of hydrogen-bond acceptors (Lipinski definition) is 5. The molecule has 0 radical (unpaired) electrons. The van der Waals surface area contributed by atoms with Gasteiger partial charge in [0, 0.05) is 35.7 Å². The number of aromatic nitrogens is 2. The molecule has 8 heteroatoms. The van der Waals surface area contributed by atoms with Crippen molar-refractivity contribution in [3.05, 3.63) is 39.4 Å². The number of thiazole rings is 1. The van der Waals surface area contributed by atoms with Gasteiger partial charge in [0.15, 0.2) is 0 Å². The van der Waals surface area contributed by atoms with Gasteiger partial charge in [-0.1, -0.05) is 0 Å². The van der Waals surface area contributed by atoms with E-state index in [0.717, 1.165) is 41.9 Å². The van der Waals surface area contributed by atoms with Crippen LogP contribution in [0.5, 0.6) is 0 Å². The van der Waals surface area contributed by atoms with Gasteiger partial charge < -0.3 is 14.9 Å². The lowest BCUT2D eigenvalue weighted by atomic mass is 10.0. The Morgan fingerprint density at radius 1 is 1.31 bits per heavy atom. The van der Waals surface area contributed by atoms with E-state index in [1.54, 1.807) is 5.51 Å². The van der Waals surface area contributed by atoms with Gasteiger partial charge in [-0.3, -0.25) is 0 Å². The van der Waals surface area contributed by atoms with E-state index in [1.807, 2.05) is 17.6 Å². The van der Waals surface area contributed by atoms with Gasteiger partial charge in [-0.25, -0.2) is 14.8 Å². The minimum absolute atomic E-state index is 0.388. The van der Waals surface area contributed by atoms with Crippen molar-refractivity contribution in [2.24, 2.45) is 17.8 Å². The van der Waals surface area contributed by atoms with Crippen LogP contribution in [0.2, 0.25) is 0 Å². The predicted octanol–water partition coefficient (Wildman–Crippen LogP) is 3.94. The SMILES string of the molecule is O=C(O)N(Cc1cscn1)CC1C[C@@H]2CN(c3ccc(Br)cn3)C[C@@H]2C1. The first-order valence-corrected chi connectivity index (χ1v) is 10.5. The highest BCUT2D eigenvalue weighted by molar-refractivity contribution is 9.10. The quantitative estimate of drug-likeness (QED) is 0.768. The number of anilines is 1. The highest BCUT2D eigenvalue weighted by atomic mass is 79.9. The lowest BCUT2D eigenvalue weighted by molar-refractivity contribution is 0.132. The highest BCUT2D eigenvalue weighted by Gasteiger charge is 2.41. The van der Waals surface area contributed by atoms with Crippen molar-refractivity contribution in [2.45, 2.75) is 19.4 Å². The second kappa shape index (κ2) is 7.52. The maximum atomic E-state index is 11.6. The van der Waals surface area contributed by atoms with Gasteiger partial charge in [0.05, 0.1) is 17.7 Å². The van der Waals surface area contributed by atoms with Crippen molar-refractivity contribution in [3.63, 3.8) is 0 Å². The first-order chi connectivity index (χ1) is 12.6. The second-order valence-electron chi connectivity index (χ2n) is 7.24. The zero-order chi connectivity index (χ0) is 18.1. The molecule has 1 N–H and O–H groups in total. The fourth-order valence-electron chi connectivity index (χ4n) is 4.35. The molecule has 26 heavy (non-hydrogen) atoms. The predicted molar refractivity (Wildman–Crippen MR) is 104 cm³/mol. The fourth-order valence-corrected chi connectivity index (χ4v) is 5.13. The third kappa shape index (κ3) is 3.86. The van der Waals surface area contributed by atoms with Crippen LogP contribution in [0.3, 0.4) is 0 Å². The summed E-state index contributed by atoms with van der Waals surface area (Å²) in [5.41, 5.74) is 2.59. The van der Waals surface area contributed by atoms with E-state index < -0.39 is 6.09 Å². The summed E-state index contributed by atoms with van der Waals surface area (Å²) in [5, 5.41) is 11.4. The van der Waals surface area contributed by atoms with E-state index in [0.29, 0.717) is 30.8 Å². The van der Waals surface area contributed by atoms with E-state index in [2.05, 4.69) is 36.9 Å². The summed E-state index contributed by atoms with van der Waals surface area (Å²) in [7, 11) is 0. The summed E-state index contributed by atoms with van der Waals surface area (Å²) < 4.78 is 0.995. The van der Waals surface area contributed by atoms with Crippen LogP contribution in [0, 0.1) is 17.8 Å². The molecular weight excluding hydrogens is 416 g/mol. The molecule has 2 fully saturated rings. The minimum Gasteiger partial charge on any atom is -0.465 e. The van der Waals surface area contributed by atoms with Crippen molar-refractivity contribution in [3.8, 4) is 0 Å². The van der Waals surface area contributed by atoms with E-state index in [4.69, 9.17) is 0 Å². The summed E-state index contributed by atoms with van der Waals surface area (Å²) in [6.45, 7) is 3.04. The summed E-state index contributed by atoms with van der Waals surface area (Å²) in [4.78, 5) is 24.2. The topological polar surface area (TPSA) is 69.6 Å². The standard InChI is InChI=1S/C18H21BrN4O2S/c19-15-1-2-17(20-5-15)22-7-13-3-12(4-14(13)8-22)6-23(18(24)25)9-16-10-26-11-21-16/h1-2,5,10-14H,3-4,6-9H2,(H,24,25)/t12?,13-,14+. The number of carbonyl (C=O) groups is 1. The Balaban J connectivity index is 1.33. The summed E-state index contributed by atoms with van der Waals surface area (Å²) in [6.07, 6.45) is 3.18. The van der Waals surface area contributed by atoms with Crippen LogP contribution < -0.4 is 4.90 Å². The van der Waals surface area contributed by atoms with Crippen molar-refractivity contribution >= 4 is 39.2 Å². The van der Waals surface area contributed by atoms with E-state index in [1.165, 1.54) is 16.2 Å².